The third-order valence-electron chi connectivity index (χ3n) is 2.15. The molecule has 16 heavy (non-hydrogen) atoms. The molecule has 84 valence electrons. The number of aryl methyl sites for hydroxylation is 1. The lowest BCUT2D eigenvalue weighted by Gasteiger charge is -2.03. The van der Waals surface area contributed by atoms with Crippen LogP contribution in [0.3, 0.4) is 0 Å². The predicted molar refractivity (Wildman–Crippen MR) is 57.7 cm³/mol. The van der Waals surface area contributed by atoms with Crippen LogP contribution in [0.2, 0.25) is 0 Å². The van der Waals surface area contributed by atoms with Crippen LogP contribution in [0.15, 0.2) is 28.8 Å². The molecule has 1 heterocycles. The molecule has 2 aromatic rings. The lowest BCUT2D eigenvalue weighted by molar-refractivity contribution is 0.363. The second kappa shape index (κ2) is 4.76. The highest BCUT2D eigenvalue weighted by molar-refractivity contribution is 5.31. The van der Waals surface area contributed by atoms with Crippen molar-refractivity contribution in [2.45, 2.75) is 20.0 Å². The van der Waals surface area contributed by atoms with Gasteiger partial charge in [0.25, 0.3) is 0 Å². The van der Waals surface area contributed by atoms with E-state index in [1.165, 1.54) is 0 Å². The van der Waals surface area contributed by atoms with Crippen molar-refractivity contribution in [1.29, 1.82) is 0 Å². The number of para-hydroxylation sites is 1. The van der Waals surface area contributed by atoms with Gasteiger partial charge in [0.05, 0.1) is 6.54 Å². The van der Waals surface area contributed by atoms with Gasteiger partial charge in [0, 0.05) is 12.1 Å². The number of rotatable bonds is 4. The monoisotopic (exact) mass is 219 g/mol. The molecule has 0 aliphatic carbocycles. The molecule has 0 unspecified atom stereocenters. The number of hydrogen-bond donors (Lipinski definition) is 2. The van der Waals surface area contributed by atoms with Crippen LogP contribution in [0.5, 0.6) is 5.75 Å². The topological polar surface area (TPSA) is 71.2 Å². The first kappa shape index (κ1) is 10.6. The molecule has 0 aliphatic heterocycles. The van der Waals surface area contributed by atoms with E-state index in [1.54, 1.807) is 19.1 Å². The molecule has 0 bridgehead atoms. The summed E-state index contributed by atoms with van der Waals surface area (Å²) in [6.45, 7) is 2.83. The fourth-order valence-electron chi connectivity index (χ4n) is 1.38. The number of phenolic OH excluding ortho intramolecular Hbond substituents is 1. The molecule has 0 amide bonds. The summed E-state index contributed by atoms with van der Waals surface area (Å²) < 4.78 is 4.95. The fourth-order valence-corrected chi connectivity index (χ4v) is 1.38. The van der Waals surface area contributed by atoms with E-state index in [4.69, 9.17) is 4.52 Å². The predicted octanol–water partition coefficient (Wildman–Crippen LogP) is 1.37. The van der Waals surface area contributed by atoms with E-state index >= 15 is 0 Å². The van der Waals surface area contributed by atoms with E-state index in [1.807, 2.05) is 12.1 Å². The third-order valence-corrected chi connectivity index (χ3v) is 2.15. The van der Waals surface area contributed by atoms with Gasteiger partial charge in [0.2, 0.25) is 5.89 Å². The number of aromatic hydroxyl groups is 1. The third kappa shape index (κ3) is 2.58. The van der Waals surface area contributed by atoms with Crippen LogP contribution in [0.25, 0.3) is 0 Å². The lowest BCUT2D eigenvalue weighted by atomic mass is 10.2. The highest BCUT2D eigenvalue weighted by atomic mass is 16.5. The Morgan fingerprint density at radius 2 is 2.12 bits per heavy atom. The molecule has 0 saturated carbocycles. The van der Waals surface area contributed by atoms with Gasteiger partial charge < -0.3 is 14.9 Å². The molecule has 0 atom stereocenters. The van der Waals surface area contributed by atoms with Gasteiger partial charge in [0.1, 0.15) is 5.75 Å². The van der Waals surface area contributed by atoms with Crippen molar-refractivity contribution in [3.05, 3.63) is 41.5 Å². The Hall–Kier alpha value is -1.88. The number of aromatic nitrogens is 2. The quantitative estimate of drug-likeness (QED) is 0.812. The Morgan fingerprint density at radius 3 is 2.81 bits per heavy atom. The number of phenols is 1. The van der Waals surface area contributed by atoms with Gasteiger partial charge in [-0.1, -0.05) is 23.4 Å². The van der Waals surface area contributed by atoms with Gasteiger partial charge in [-0.05, 0) is 13.0 Å². The van der Waals surface area contributed by atoms with Crippen LogP contribution in [0.4, 0.5) is 0 Å². The average Bonchev–Trinajstić information content (AvgIpc) is 2.67. The maximum atomic E-state index is 9.52. The first-order valence-electron chi connectivity index (χ1n) is 5.02. The molecule has 0 fully saturated rings. The summed E-state index contributed by atoms with van der Waals surface area (Å²) in [5.41, 5.74) is 0.846. The van der Waals surface area contributed by atoms with E-state index in [2.05, 4.69) is 15.5 Å². The molecule has 2 rings (SSSR count). The number of benzene rings is 1. The Balaban J connectivity index is 1.87. The van der Waals surface area contributed by atoms with Crippen LogP contribution in [-0.4, -0.2) is 15.2 Å². The minimum Gasteiger partial charge on any atom is -0.508 e. The largest absolute Gasteiger partial charge is 0.508 e. The number of hydrogen-bond acceptors (Lipinski definition) is 5. The summed E-state index contributed by atoms with van der Waals surface area (Å²) in [4.78, 5) is 4.06. The molecule has 5 heteroatoms. The molecule has 2 N–H and O–H groups in total. The fraction of sp³-hybridized carbons (Fsp3) is 0.273. The van der Waals surface area contributed by atoms with E-state index in [0.29, 0.717) is 24.8 Å². The van der Waals surface area contributed by atoms with Gasteiger partial charge in [-0.15, -0.1) is 0 Å². The van der Waals surface area contributed by atoms with Crippen LogP contribution >= 0.6 is 0 Å². The van der Waals surface area contributed by atoms with Crippen molar-refractivity contribution >= 4 is 0 Å². The molecular weight excluding hydrogens is 206 g/mol. The smallest absolute Gasteiger partial charge is 0.240 e. The summed E-state index contributed by atoms with van der Waals surface area (Å²) in [5, 5.41) is 16.3. The highest BCUT2D eigenvalue weighted by Gasteiger charge is 2.03. The Labute approximate surface area is 93.1 Å². The van der Waals surface area contributed by atoms with Gasteiger partial charge in [0.15, 0.2) is 5.82 Å². The molecule has 0 radical (unpaired) electrons. The zero-order valence-electron chi connectivity index (χ0n) is 8.97. The minimum atomic E-state index is 0.289. The lowest BCUT2D eigenvalue weighted by Crippen LogP contribution is -2.12. The van der Waals surface area contributed by atoms with Crippen molar-refractivity contribution in [2.24, 2.45) is 0 Å². The van der Waals surface area contributed by atoms with Crippen molar-refractivity contribution in [2.75, 3.05) is 0 Å². The summed E-state index contributed by atoms with van der Waals surface area (Å²) in [6.07, 6.45) is 0. The van der Waals surface area contributed by atoms with Crippen LogP contribution in [0, 0.1) is 6.92 Å². The summed E-state index contributed by atoms with van der Waals surface area (Å²) >= 11 is 0. The van der Waals surface area contributed by atoms with Crippen LogP contribution < -0.4 is 5.32 Å². The van der Waals surface area contributed by atoms with Crippen LogP contribution in [0.1, 0.15) is 17.3 Å². The van der Waals surface area contributed by atoms with Crippen molar-refractivity contribution < 1.29 is 9.63 Å². The van der Waals surface area contributed by atoms with Gasteiger partial charge in [-0.3, -0.25) is 0 Å². The van der Waals surface area contributed by atoms with Crippen molar-refractivity contribution in [3.63, 3.8) is 0 Å². The van der Waals surface area contributed by atoms with Crippen molar-refractivity contribution in [3.8, 4) is 5.75 Å². The second-order valence-electron chi connectivity index (χ2n) is 3.47. The summed E-state index contributed by atoms with van der Waals surface area (Å²) in [5.74, 6) is 1.46. The Morgan fingerprint density at radius 1 is 1.31 bits per heavy atom. The zero-order valence-corrected chi connectivity index (χ0v) is 8.97. The Kier molecular flexibility index (Phi) is 3.16. The SMILES string of the molecule is Cc1noc(CNCc2ccccc2O)n1. The molecule has 5 nitrogen and oxygen atoms in total. The standard InChI is InChI=1S/C11H13N3O2/c1-8-13-11(16-14-8)7-12-6-9-4-2-3-5-10(9)15/h2-5,12,15H,6-7H2,1H3. The van der Waals surface area contributed by atoms with Crippen molar-refractivity contribution in [1.82, 2.24) is 15.5 Å². The van der Waals surface area contributed by atoms with Gasteiger partial charge in [-0.25, -0.2) is 0 Å². The number of nitrogens with zero attached hydrogens (tertiary/aromatic N) is 2. The summed E-state index contributed by atoms with van der Waals surface area (Å²) in [6, 6.07) is 7.20. The molecule has 0 aliphatic rings. The molecular formula is C11H13N3O2. The van der Waals surface area contributed by atoms with E-state index < -0.39 is 0 Å². The minimum absolute atomic E-state index is 0.289. The molecule has 1 aromatic heterocycles. The molecule has 1 aromatic carbocycles. The Bertz CT molecular complexity index is 468. The van der Waals surface area contributed by atoms with E-state index in [0.717, 1.165) is 5.56 Å². The number of nitrogens with one attached hydrogen (secondary N) is 1. The zero-order chi connectivity index (χ0) is 11.4. The second-order valence-corrected chi connectivity index (χ2v) is 3.47. The average molecular weight is 219 g/mol. The maximum Gasteiger partial charge on any atom is 0.240 e. The van der Waals surface area contributed by atoms with E-state index in [9.17, 15) is 5.11 Å². The summed E-state index contributed by atoms with van der Waals surface area (Å²) in [7, 11) is 0. The first-order valence-corrected chi connectivity index (χ1v) is 5.02. The van der Waals surface area contributed by atoms with Gasteiger partial charge >= 0.3 is 0 Å². The van der Waals surface area contributed by atoms with Gasteiger partial charge in [-0.2, -0.15) is 4.98 Å². The van der Waals surface area contributed by atoms with Crippen LogP contribution in [-0.2, 0) is 13.1 Å². The maximum absolute atomic E-state index is 9.52. The van der Waals surface area contributed by atoms with E-state index in [-0.39, 0.29) is 5.75 Å². The normalized spacial score (nSPS) is 10.6. The first-order chi connectivity index (χ1) is 7.75. The highest BCUT2D eigenvalue weighted by Crippen LogP contribution is 2.14. The molecule has 0 spiro atoms. The molecule has 0 saturated heterocycles.